The Kier molecular flexibility index (Phi) is 4.25. The van der Waals surface area contributed by atoms with Crippen LogP contribution in [-0.4, -0.2) is 51.4 Å². The summed E-state index contributed by atoms with van der Waals surface area (Å²) in [4.78, 5) is 35.3. The molecule has 0 N–H and O–H groups in total. The summed E-state index contributed by atoms with van der Waals surface area (Å²) < 4.78 is 6.32. The first-order chi connectivity index (χ1) is 15.2. The molecule has 3 fully saturated rings. The SMILES string of the molecule is O=C1[C@@H]2[C@@H](C(=O)N3CCC[C@H]3c3ccccc3)[C@@H]3C=C[C@@]2(CN1Cc1cccnc1)O3. The van der Waals surface area contributed by atoms with E-state index in [-0.39, 0.29) is 24.0 Å². The molecule has 31 heavy (non-hydrogen) atoms. The first-order valence-corrected chi connectivity index (χ1v) is 11.1. The zero-order chi connectivity index (χ0) is 21.0. The van der Waals surface area contributed by atoms with E-state index in [4.69, 9.17) is 4.74 Å². The van der Waals surface area contributed by atoms with Crippen LogP contribution in [0.25, 0.3) is 0 Å². The van der Waals surface area contributed by atoms with Crippen LogP contribution >= 0.6 is 0 Å². The number of hydrogen-bond acceptors (Lipinski definition) is 4. The molecule has 3 saturated heterocycles. The second-order valence-corrected chi connectivity index (χ2v) is 9.06. The van der Waals surface area contributed by atoms with Gasteiger partial charge < -0.3 is 14.5 Å². The average Bonchev–Trinajstić information content (AvgIpc) is 3.56. The van der Waals surface area contributed by atoms with Crippen molar-refractivity contribution < 1.29 is 14.3 Å². The number of likely N-dealkylation sites (tertiary alicyclic amines) is 2. The minimum atomic E-state index is -0.674. The summed E-state index contributed by atoms with van der Waals surface area (Å²) in [7, 11) is 0. The standard InChI is InChI=1S/C25H25N3O3/c29-23(28-13-5-9-19(28)18-7-2-1-3-8-18)21-20-10-11-25(31-20)16-27(24(30)22(21)25)15-17-6-4-12-26-14-17/h1-4,6-8,10-12,14,19-22H,5,9,13,15-16H2/t19-,20-,21-,22-,25-/m0/s1. The number of nitrogens with zero attached hydrogens (tertiary/aromatic N) is 3. The van der Waals surface area contributed by atoms with E-state index in [0.29, 0.717) is 13.1 Å². The highest BCUT2D eigenvalue weighted by Gasteiger charge is 2.67. The molecule has 1 spiro atoms. The van der Waals surface area contributed by atoms with Gasteiger partial charge in [-0.2, -0.15) is 0 Å². The Labute approximate surface area is 181 Å². The lowest BCUT2D eigenvalue weighted by Gasteiger charge is -2.31. The Hall–Kier alpha value is -2.99. The summed E-state index contributed by atoms with van der Waals surface area (Å²) in [5.74, 6) is -0.807. The number of hydrogen-bond donors (Lipinski definition) is 0. The first-order valence-electron chi connectivity index (χ1n) is 11.1. The summed E-state index contributed by atoms with van der Waals surface area (Å²) in [5, 5.41) is 0. The predicted molar refractivity (Wildman–Crippen MR) is 114 cm³/mol. The van der Waals surface area contributed by atoms with Gasteiger partial charge in [0.2, 0.25) is 11.8 Å². The van der Waals surface area contributed by atoms with Crippen molar-refractivity contribution in [1.82, 2.24) is 14.8 Å². The van der Waals surface area contributed by atoms with Crippen molar-refractivity contribution in [3.05, 3.63) is 78.1 Å². The van der Waals surface area contributed by atoms with E-state index >= 15 is 0 Å². The van der Waals surface area contributed by atoms with Gasteiger partial charge in [-0.1, -0.05) is 48.6 Å². The molecule has 6 nitrogen and oxygen atoms in total. The lowest BCUT2D eigenvalue weighted by Crippen LogP contribution is -2.45. The first kappa shape index (κ1) is 18.8. The molecule has 5 heterocycles. The van der Waals surface area contributed by atoms with Gasteiger partial charge in [0, 0.05) is 25.5 Å². The van der Waals surface area contributed by atoms with Crippen molar-refractivity contribution in [2.24, 2.45) is 11.8 Å². The summed E-state index contributed by atoms with van der Waals surface area (Å²) >= 11 is 0. The molecule has 0 radical (unpaired) electrons. The van der Waals surface area contributed by atoms with Crippen LogP contribution in [0.15, 0.2) is 67.0 Å². The molecule has 4 aliphatic rings. The number of amides is 2. The quantitative estimate of drug-likeness (QED) is 0.721. The highest BCUT2D eigenvalue weighted by atomic mass is 16.5. The van der Waals surface area contributed by atoms with E-state index in [9.17, 15) is 9.59 Å². The number of carbonyl (C=O) groups is 2. The average molecular weight is 415 g/mol. The number of fused-ring (bicyclic) bond motifs is 1. The van der Waals surface area contributed by atoms with E-state index in [1.807, 2.05) is 52.3 Å². The second kappa shape index (κ2) is 7.02. The molecule has 2 aromatic rings. The third-order valence-corrected chi connectivity index (χ3v) is 7.28. The maximum absolute atomic E-state index is 13.8. The Bertz CT molecular complexity index is 1040. The van der Waals surface area contributed by atoms with Crippen LogP contribution in [0.1, 0.15) is 30.0 Å². The van der Waals surface area contributed by atoms with Crippen molar-refractivity contribution in [2.45, 2.75) is 37.1 Å². The lowest BCUT2D eigenvalue weighted by molar-refractivity contribution is -0.144. The molecule has 6 heteroatoms. The largest absolute Gasteiger partial charge is 0.360 e. The molecule has 0 aliphatic carbocycles. The minimum Gasteiger partial charge on any atom is -0.360 e. The summed E-state index contributed by atoms with van der Waals surface area (Å²) in [6.45, 7) is 1.72. The lowest BCUT2D eigenvalue weighted by atomic mass is 9.76. The zero-order valence-corrected chi connectivity index (χ0v) is 17.3. The van der Waals surface area contributed by atoms with Crippen LogP contribution in [0.2, 0.25) is 0 Å². The number of benzene rings is 1. The highest BCUT2D eigenvalue weighted by Crippen LogP contribution is 2.53. The molecule has 2 bridgehead atoms. The number of pyridine rings is 1. The van der Waals surface area contributed by atoms with Crippen LogP contribution in [0.4, 0.5) is 0 Å². The van der Waals surface area contributed by atoms with Gasteiger partial charge in [0.1, 0.15) is 5.60 Å². The summed E-state index contributed by atoms with van der Waals surface area (Å²) in [6, 6.07) is 14.1. The minimum absolute atomic E-state index is 0.0181. The van der Waals surface area contributed by atoms with Crippen LogP contribution in [0.5, 0.6) is 0 Å². The Morgan fingerprint density at radius 2 is 2.06 bits per heavy atom. The van der Waals surface area contributed by atoms with Crippen LogP contribution < -0.4 is 0 Å². The van der Waals surface area contributed by atoms with Crippen molar-refractivity contribution in [1.29, 1.82) is 0 Å². The summed E-state index contributed by atoms with van der Waals surface area (Å²) in [6.07, 6.45) is 9.16. The van der Waals surface area contributed by atoms with Crippen molar-refractivity contribution in [3.8, 4) is 0 Å². The predicted octanol–water partition coefficient (Wildman–Crippen LogP) is 2.73. The zero-order valence-electron chi connectivity index (χ0n) is 17.3. The molecular weight excluding hydrogens is 390 g/mol. The van der Waals surface area contributed by atoms with Crippen LogP contribution in [0, 0.1) is 11.8 Å². The number of aromatic nitrogens is 1. The van der Waals surface area contributed by atoms with E-state index in [1.54, 1.807) is 12.4 Å². The monoisotopic (exact) mass is 415 g/mol. The smallest absolute Gasteiger partial charge is 0.230 e. The topological polar surface area (TPSA) is 62.7 Å². The molecule has 2 amide bonds. The van der Waals surface area contributed by atoms with Gasteiger partial charge in [0.15, 0.2) is 0 Å². The molecule has 1 aromatic carbocycles. The Balaban J connectivity index is 1.27. The third-order valence-electron chi connectivity index (χ3n) is 7.28. The molecule has 0 saturated carbocycles. The van der Waals surface area contributed by atoms with E-state index in [1.165, 1.54) is 5.56 Å². The van der Waals surface area contributed by atoms with Gasteiger partial charge in [-0.15, -0.1) is 0 Å². The van der Waals surface area contributed by atoms with Gasteiger partial charge >= 0.3 is 0 Å². The fourth-order valence-corrected chi connectivity index (χ4v) is 5.95. The van der Waals surface area contributed by atoms with Crippen LogP contribution in [0.3, 0.4) is 0 Å². The molecular formula is C25H25N3O3. The Morgan fingerprint density at radius 1 is 1.19 bits per heavy atom. The molecule has 6 rings (SSSR count). The number of rotatable bonds is 4. The molecule has 0 unspecified atom stereocenters. The van der Waals surface area contributed by atoms with Crippen molar-refractivity contribution in [2.75, 3.05) is 13.1 Å². The second-order valence-electron chi connectivity index (χ2n) is 9.06. The van der Waals surface area contributed by atoms with E-state index < -0.39 is 17.4 Å². The van der Waals surface area contributed by atoms with E-state index in [0.717, 1.165) is 24.9 Å². The van der Waals surface area contributed by atoms with Gasteiger partial charge in [-0.25, -0.2) is 0 Å². The Morgan fingerprint density at radius 3 is 2.87 bits per heavy atom. The summed E-state index contributed by atoms with van der Waals surface area (Å²) in [5.41, 5.74) is 1.47. The normalized spacial score (nSPS) is 33.4. The van der Waals surface area contributed by atoms with E-state index in [2.05, 4.69) is 17.1 Å². The maximum Gasteiger partial charge on any atom is 0.230 e. The van der Waals surface area contributed by atoms with Crippen molar-refractivity contribution in [3.63, 3.8) is 0 Å². The fourth-order valence-electron chi connectivity index (χ4n) is 5.95. The van der Waals surface area contributed by atoms with Gasteiger partial charge in [0.25, 0.3) is 0 Å². The molecule has 5 atom stereocenters. The van der Waals surface area contributed by atoms with Gasteiger partial charge in [-0.05, 0) is 30.0 Å². The van der Waals surface area contributed by atoms with Gasteiger partial charge in [0.05, 0.1) is 30.5 Å². The highest BCUT2D eigenvalue weighted by molar-refractivity contribution is 5.93. The molecule has 1 aromatic heterocycles. The number of carbonyl (C=O) groups excluding carboxylic acids is 2. The molecule has 158 valence electrons. The molecule has 4 aliphatic heterocycles. The fraction of sp³-hybridized carbons (Fsp3) is 0.400. The maximum atomic E-state index is 13.8. The number of ether oxygens (including phenoxy) is 1. The van der Waals surface area contributed by atoms with Crippen molar-refractivity contribution >= 4 is 11.8 Å². The van der Waals surface area contributed by atoms with Crippen LogP contribution in [-0.2, 0) is 20.9 Å². The van der Waals surface area contributed by atoms with Gasteiger partial charge in [-0.3, -0.25) is 14.6 Å². The third kappa shape index (κ3) is 2.85.